The summed E-state index contributed by atoms with van der Waals surface area (Å²) >= 11 is 0. The van der Waals surface area contributed by atoms with E-state index in [1.807, 2.05) is 30.3 Å². The molecule has 1 aliphatic rings. The lowest BCUT2D eigenvalue weighted by molar-refractivity contribution is -0.136. The Bertz CT molecular complexity index is 847. The van der Waals surface area contributed by atoms with Gasteiger partial charge in [0.2, 0.25) is 0 Å². The van der Waals surface area contributed by atoms with Crippen LogP contribution in [-0.4, -0.2) is 54.7 Å². The molecule has 0 atom stereocenters. The highest BCUT2D eigenvalue weighted by Crippen LogP contribution is 2.21. The Balaban J connectivity index is 1.57. The van der Waals surface area contributed by atoms with Gasteiger partial charge in [-0.15, -0.1) is 0 Å². The SMILES string of the molecule is CCN1CCN(c2cccc(NC(=O)Nc3cccc(CCC(=O)O)c3)c2)CC1. The lowest BCUT2D eigenvalue weighted by atomic mass is 10.1. The third-order valence-electron chi connectivity index (χ3n) is 5.10. The zero-order valence-electron chi connectivity index (χ0n) is 16.7. The minimum absolute atomic E-state index is 0.0644. The van der Waals surface area contributed by atoms with Gasteiger partial charge >= 0.3 is 12.0 Å². The van der Waals surface area contributed by atoms with Crippen LogP contribution in [0.1, 0.15) is 18.9 Å². The predicted octanol–water partition coefficient (Wildman–Crippen LogP) is 3.49. The lowest BCUT2D eigenvalue weighted by Crippen LogP contribution is -2.46. The Morgan fingerprint density at radius 3 is 2.28 bits per heavy atom. The van der Waals surface area contributed by atoms with Gasteiger partial charge < -0.3 is 25.5 Å². The van der Waals surface area contributed by atoms with Crippen molar-refractivity contribution in [1.82, 2.24) is 4.90 Å². The van der Waals surface area contributed by atoms with Crippen molar-refractivity contribution in [1.29, 1.82) is 0 Å². The molecule has 0 radical (unpaired) electrons. The van der Waals surface area contributed by atoms with Crippen LogP contribution in [0.5, 0.6) is 0 Å². The Labute approximate surface area is 171 Å². The summed E-state index contributed by atoms with van der Waals surface area (Å²) in [5, 5.41) is 14.5. The molecule has 0 aliphatic carbocycles. The number of aryl methyl sites for hydroxylation is 1. The van der Waals surface area contributed by atoms with Gasteiger partial charge in [0, 0.05) is 49.7 Å². The molecule has 29 heavy (non-hydrogen) atoms. The molecule has 0 spiro atoms. The van der Waals surface area contributed by atoms with Crippen LogP contribution in [0.15, 0.2) is 48.5 Å². The second-order valence-electron chi connectivity index (χ2n) is 7.14. The fraction of sp³-hybridized carbons (Fsp3) is 0.364. The highest BCUT2D eigenvalue weighted by molar-refractivity contribution is 6.00. The molecule has 2 aromatic carbocycles. The molecule has 0 saturated carbocycles. The van der Waals surface area contributed by atoms with Crippen LogP contribution in [0.4, 0.5) is 21.9 Å². The Morgan fingerprint density at radius 1 is 0.966 bits per heavy atom. The Hall–Kier alpha value is -3.06. The van der Waals surface area contributed by atoms with Crippen molar-refractivity contribution in [2.75, 3.05) is 48.3 Å². The van der Waals surface area contributed by atoms with Gasteiger partial charge in [0.25, 0.3) is 0 Å². The summed E-state index contributed by atoms with van der Waals surface area (Å²) in [6, 6.07) is 14.8. The summed E-state index contributed by atoms with van der Waals surface area (Å²) in [4.78, 5) is 27.9. The first-order valence-electron chi connectivity index (χ1n) is 9.99. The minimum atomic E-state index is -0.836. The standard InChI is InChI=1S/C22H28N4O3/c1-2-25-11-13-26(14-12-25)20-8-4-7-19(16-20)24-22(29)23-18-6-3-5-17(15-18)9-10-21(27)28/h3-8,15-16H,2,9-14H2,1H3,(H,27,28)(H2,23,24,29). The summed E-state index contributed by atoms with van der Waals surface area (Å²) in [6.07, 6.45) is 0.495. The largest absolute Gasteiger partial charge is 0.481 e. The van der Waals surface area contributed by atoms with Crippen molar-refractivity contribution in [3.8, 4) is 0 Å². The van der Waals surface area contributed by atoms with Crippen molar-refractivity contribution < 1.29 is 14.7 Å². The van der Waals surface area contributed by atoms with Gasteiger partial charge in [-0.2, -0.15) is 0 Å². The summed E-state index contributed by atoms with van der Waals surface area (Å²) in [7, 11) is 0. The average Bonchev–Trinajstić information content (AvgIpc) is 2.73. The number of nitrogens with one attached hydrogen (secondary N) is 2. The lowest BCUT2D eigenvalue weighted by Gasteiger charge is -2.35. The molecule has 3 rings (SSSR count). The minimum Gasteiger partial charge on any atom is -0.481 e. The number of likely N-dealkylation sites (N-methyl/N-ethyl adjacent to an activating group) is 1. The monoisotopic (exact) mass is 396 g/mol. The summed E-state index contributed by atoms with van der Waals surface area (Å²) < 4.78 is 0. The Morgan fingerprint density at radius 2 is 1.62 bits per heavy atom. The third-order valence-corrected chi connectivity index (χ3v) is 5.10. The summed E-state index contributed by atoms with van der Waals surface area (Å²) in [5.41, 5.74) is 3.35. The van der Waals surface area contributed by atoms with E-state index in [-0.39, 0.29) is 12.5 Å². The van der Waals surface area contributed by atoms with Gasteiger partial charge in [-0.1, -0.05) is 25.1 Å². The topological polar surface area (TPSA) is 84.9 Å². The van der Waals surface area contributed by atoms with Crippen LogP contribution >= 0.6 is 0 Å². The zero-order chi connectivity index (χ0) is 20.6. The van der Waals surface area contributed by atoms with Gasteiger partial charge in [-0.25, -0.2) is 4.79 Å². The van der Waals surface area contributed by atoms with Crippen LogP contribution in [0.2, 0.25) is 0 Å². The van der Waals surface area contributed by atoms with Gasteiger partial charge in [0.1, 0.15) is 0 Å². The maximum atomic E-state index is 12.4. The van der Waals surface area contributed by atoms with Crippen LogP contribution in [0.3, 0.4) is 0 Å². The maximum Gasteiger partial charge on any atom is 0.323 e. The van der Waals surface area contributed by atoms with Crippen LogP contribution in [0, 0.1) is 0 Å². The number of hydrogen-bond acceptors (Lipinski definition) is 4. The Kier molecular flexibility index (Phi) is 7.08. The van der Waals surface area contributed by atoms with E-state index < -0.39 is 5.97 Å². The fourth-order valence-corrected chi connectivity index (χ4v) is 3.45. The number of carboxylic acids is 1. The molecular weight excluding hydrogens is 368 g/mol. The number of carboxylic acid groups (broad SMARTS) is 1. The second kappa shape index (κ2) is 9.93. The van der Waals surface area contributed by atoms with E-state index in [0.717, 1.165) is 49.7 Å². The van der Waals surface area contributed by atoms with Crippen molar-refractivity contribution in [2.45, 2.75) is 19.8 Å². The van der Waals surface area contributed by atoms with Crippen LogP contribution in [0.25, 0.3) is 0 Å². The number of hydrogen-bond donors (Lipinski definition) is 3. The predicted molar refractivity (Wildman–Crippen MR) is 116 cm³/mol. The molecule has 1 aliphatic heterocycles. The fourth-order valence-electron chi connectivity index (χ4n) is 3.45. The molecule has 7 nitrogen and oxygen atoms in total. The zero-order valence-corrected chi connectivity index (χ0v) is 16.7. The molecule has 0 bridgehead atoms. The summed E-state index contributed by atoms with van der Waals surface area (Å²) in [6.45, 7) is 7.31. The van der Waals surface area contributed by atoms with E-state index in [9.17, 15) is 9.59 Å². The number of carbonyl (C=O) groups is 2. The van der Waals surface area contributed by atoms with E-state index in [1.54, 1.807) is 12.1 Å². The number of anilines is 3. The van der Waals surface area contributed by atoms with E-state index in [4.69, 9.17) is 5.11 Å². The van der Waals surface area contributed by atoms with Gasteiger partial charge in [-0.05, 0) is 48.9 Å². The normalized spacial score (nSPS) is 14.4. The molecule has 1 heterocycles. The average molecular weight is 396 g/mol. The van der Waals surface area contributed by atoms with Crippen molar-refractivity contribution in [3.05, 3.63) is 54.1 Å². The van der Waals surface area contributed by atoms with Gasteiger partial charge in [0.15, 0.2) is 0 Å². The van der Waals surface area contributed by atoms with Crippen LogP contribution < -0.4 is 15.5 Å². The number of aliphatic carboxylic acids is 1. The molecule has 0 aromatic heterocycles. The van der Waals surface area contributed by atoms with E-state index in [2.05, 4.69) is 33.4 Å². The molecule has 154 valence electrons. The first kappa shape index (κ1) is 20.7. The third kappa shape index (κ3) is 6.22. The molecule has 1 fully saturated rings. The number of urea groups is 1. The molecule has 0 unspecified atom stereocenters. The maximum absolute atomic E-state index is 12.4. The highest BCUT2D eigenvalue weighted by Gasteiger charge is 2.16. The van der Waals surface area contributed by atoms with Gasteiger partial charge in [-0.3, -0.25) is 4.79 Å². The van der Waals surface area contributed by atoms with E-state index >= 15 is 0 Å². The van der Waals surface area contributed by atoms with Crippen molar-refractivity contribution >= 4 is 29.1 Å². The first-order valence-corrected chi connectivity index (χ1v) is 9.99. The second-order valence-corrected chi connectivity index (χ2v) is 7.14. The summed E-state index contributed by atoms with van der Waals surface area (Å²) in [5.74, 6) is -0.836. The van der Waals surface area contributed by atoms with Crippen molar-refractivity contribution in [3.63, 3.8) is 0 Å². The number of rotatable bonds is 7. The van der Waals surface area contributed by atoms with Gasteiger partial charge in [0.05, 0.1) is 0 Å². The molecule has 3 N–H and O–H groups in total. The van der Waals surface area contributed by atoms with Crippen LogP contribution in [-0.2, 0) is 11.2 Å². The molecule has 7 heteroatoms. The highest BCUT2D eigenvalue weighted by atomic mass is 16.4. The van der Waals surface area contributed by atoms with E-state index in [1.165, 1.54) is 0 Å². The molecule has 2 aromatic rings. The first-order chi connectivity index (χ1) is 14.0. The molecule has 2 amide bonds. The molecule has 1 saturated heterocycles. The number of amides is 2. The number of benzene rings is 2. The quantitative estimate of drug-likeness (QED) is 0.667. The van der Waals surface area contributed by atoms with E-state index in [0.29, 0.717) is 12.1 Å². The smallest absolute Gasteiger partial charge is 0.323 e. The number of piperazine rings is 1. The number of carbonyl (C=O) groups excluding carboxylic acids is 1. The molecular formula is C22H28N4O3. The number of nitrogens with zero attached hydrogens (tertiary/aromatic N) is 2. The van der Waals surface area contributed by atoms with Crippen molar-refractivity contribution in [2.24, 2.45) is 0 Å².